The van der Waals surface area contributed by atoms with E-state index >= 15 is 0 Å². The molecule has 0 aromatic rings. The Bertz CT molecular complexity index is 724. The number of carboxylic acid groups (broad SMARTS) is 3. The quantitative estimate of drug-likeness (QED) is 0.0549. The van der Waals surface area contributed by atoms with E-state index in [0.717, 1.165) is 0 Å². The highest BCUT2D eigenvalue weighted by molar-refractivity contribution is 5.79. The Balaban J connectivity index is 5.50. The summed E-state index contributed by atoms with van der Waals surface area (Å²) in [5, 5.41) is 35.7. The maximum atomic E-state index is 12.6. The third-order valence-electron chi connectivity index (χ3n) is 5.15. The standard InChI is InChI=1S/C22H41N5O10/c1-3-36-11-6-24-18(28)14-26(15-21(32)33)8-10-27(17-22(34)35,9-5-23-13-20(30)31)16-19(29)25-7-12-37-4-2/h23H,3-17H2,1-2H3,(H4-,24,25,28,29,30,31,32,33,34,35)/p+1. The minimum Gasteiger partial charge on any atom is -0.480 e. The molecule has 0 aliphatic carbocycles. The first-order chi connectivity index (χ1) is 17.5. The first-order valence-corrected chi connectivity index (χ1v) is 12.2. The van der Waals surface area contributed by atoms with Crippen LogP contribution in [0.4, 0.5) is 0 Å². The van der Waals surface area contributed by atoms with Gasteiger partial charge in [0.1, 0.15) is 0 Å². The Morgan fingerprint density at radius 3 is 1.84 bits per heavy atom. The normalized spacial score (nSPS) is 12.6. The second-order valence-electron chi connectivity index (χ2n) is 8.27. The molecule has 0 aliphatic heterocycles. The van der Waals surface area contributed by atoms with Gasteiger partial charge >= 0.3 is 17.9 Å². The molecule has 1 unspecified atom stereocenters. The highest BCUT2D eigenvalue weighted by Gasteiger charge is 2.34. The first-order valence-electron chi connectivity index (χ1n) is 12.2. The number of hydrogen-bond acceptors (Lipinski definition) is 9. The van der Waals surface area contributed by atoms with E-state index in [1.807, 2.05) is 13.8 Å². The molecule has 0 aromatic carbocycles. The van der Waals surface area contributed by atoms with Crippen molar-refractivity contribution in [1.82, 2.24) is 20.9 Å². The van der Waals surface area contributed by atoms with E-state index in [0.29, 0.717) is 19.8 Å². The summed E-state index contributed by atoms with van der Waals surface area (Å²) < 4.78 is 10.1. The van der Waals surface area contributed by atoms with Crippen molar-refractivity contribution in [3.8, 4) is 0 Å². The van der Waals surface area contributed by atoms with Gasteiger partial charge in [-0.2, -0.15) is 0 Å². The average molecular weight is 537 g/mol. The van der Waals surface area contributed by atoms with Crippen molar-refractivity contribution in [3.63, 3.8) is 0 Å². The molecule has 0 saturated heterocycles. The van der Waals surface area contributed by atoms with E-state index in [1.165, 1.54) is 4.90 Å². The van der Waals surface area contributed by atoms with Crippen molar-refractivity contribution in [2.75, 3.05) is 98.4 Å². The molecule has 15 nitrogen and oxygen atoms in total. The van der Waals surface area contributed by atoms with Crippen molar-refractivity contribution in [1.29, 1.82) is 0 Å². The predicted molar refractivity (Wildman–Crippen MR) is 131 cm³/mol. The van der Waals surface area contributed by atoms with Crippen LogP contribution in [0.15, 0.2) is 0 Å². The van der Waals surface area contributed by atoms with Gasteiger partial charge in [-0.15, -0.1) is 0 Å². The van der Waals surface area contributed by atoms with Crippen LogP contribution < -0.4 is 16.0 Å². The summed E-state index contributed by atoms with van der Waals surface area (Å²) in [5.74, 6) is -4.30. The molecular weight excluding hydrogens is 494 g/mol. The second kappa shape index (κ2) is 20.2. The number of aliphatic carboxylic acids is 3. The molecule has 0 spiro atoms. The van der Waals surface area contributed by atoms with E-state index in [9.17, 15) is 34.2 Å². The summed E-state index contributed by atoms with van der Waals surface area (Å²) in [6, 6.07) is 0. The van der Waals surface area contributed by atoms with Crippen LogP contribution in [0, 0.1) is 0 Å². The number of amides is 2. The first kappa shape index (κ1) is 34.1. The largest absolute Gasteiger partial charge is 0.480 e. The van der Waals surface area contributed by atoms with Crippen molar-refractivity contribution in [2.45, 2.75) is 13.8 Å². The van der Waals surface area contributed by atoms with Crippen LogP contribution >= 0.6 is 0 Å². The van der Waals surface area contributed by atoms with E-state index in [1.54, 1.807) is 0 Å². The number of carboxylic acids is 3. The third-order valence-corrected chi connectivity index (χ3v) is 5.15. The molecule has 2 amide bonds. The number of carbonyl (C=O) groups excluding carboxylic acids is 2. The molecule has 6 N–H and O–H groups in total. The maximum Gasteiger partial charge on any atom is 0.359 e. The summed E-state index contributed by atoms with van der Waals surface area (Å²) in [6.45, 7) is 4.11. The van der Waals surface area contributed by atoms with Crippen LogP contribution in [-0.4, -0.2) is 153 Å². The number of rotatable bonds is 24. The van der Waals surface area contributed by atoms with E-state index in [4.69, 9.17) is 14.6 Å². The zero-order valence-electron chi connectivity index (χ0n) is 21.7. The van der Waals surface area contributed by atoms with Crippen molar-refractivity contribution in [3.05, 3.63) is 0 Å². The summed E-state index contributed by atoms with van der Waals surface area (Å²) >= 11 is 0. The van der Waals surface area contributed by atoms with Gasteiger partial charge in [0.15, 0.2) is 13.1 Å². The monoisotopic (exact) mass is 536 g/mol. The SMILES string of the molecule is CCOCCNC(=O)CN(CC[N+](CCNCC(=O)O)(CC(=O)O)CC(=O)NCCOCC)CC(=O)O. The fourth-order valence-electron chi connectivity index (χ4n) is 3.47. The Labute approximate surface area is 216 Å². The third kappa shape index (κ3) is 19.0. The lowest BCUT2D eigenvalue weighted by Gasteiger charge is -2.38. The van der Waals surface area contributed by atoms with Gasteiger partial charge < -0.3 is 45.2 Å². The van der Waals surface area contributed by atoms with E-state index < -0.39 is 42.8 Å². The molecule has 0 radical (unpaired) electrons. The predicted octanol–water partition coefficient (Wildman–Crippen LogP) is -2.75. The molecule has 0 rings (SSSR count). The zero-order valence-corrected chi connectivity index (χ0v) is 21.7. The second-order valence-corrected chi connectivity index (χ2v) is 8.27. The van der Waals surface area contributed by atoms with Gasteiger partial charge in [-0.05, 0) is 13.8 Å². The molecule has 0 saturated carbocycles. The van der Waals surface area contributed by atoms with Gasteiger partial charge in [0.2, 0.25) is 5.91 Å². The van der Waals surface area contributed by atoms with E-state index in [-0.39, 0.29) is 70.0 Å². The number of carbonyl (C=O) groups is 5. The molecule has 15 heteroatoms. The summed E-state index contributed by atoms with van der Waals surface area (Å²) in [5.41, 5.74) is 0. The molecular formula is C22H42N5O10+. The molecule has 0 aromatic heterocycles. The van der Waals surface area contributed by atoms with Gasteiger partial charge in [0.05, 0.1) is 45.9 Å². The lowest BCUT2D eigenvalue weighted by molar-refractivity contribution is -0.912. The summed E-state index contributed by atoms with van der Waals surface area (Å²) in [7, 11) is 0. The fourth-order valence-corrected chi connectivity index (χ4v) is 3.47. The minimum atomic E-state index is -1.18. The lowest BCUT2D eigenvalue weighted by Crippen LogP contribution is -2.61. The van der Waals surface area contributed by atoms with Crippen LogP contribution in [0.3, 0.4) is 0 Å². The molecule has 1 atom stereocenters. The maximum absolute atomic E-state index is 12.6. The van der Waals surface area contributed by atoms with Crippen LogP contribution in [0.2, 0.25) is 0 Å². The van der Waals surface area contributed by atoms with Gasteiger partial charge in [0, 0.05) is 39.4 Å². The number of quaternary nitrogens is 1. The lowest BCUT2D eigenvalue weighted by atomic mass is 10.2. The number of hydrogen-bond donors (Lipinski definition) is 6. The molecule has 0 bridgehead atoms. The molecule has 0 fully saturated rings. The van der Waals surface area contributed by atoms with Crippen LogP contribution in [0.1, 0.15) is 13.8 Å². The van der Waals surface area contributed by atoms with Crippen LogP contribution in [0.25, 0.3) is 0 Å². The van der Waals surface area contributed by atoms with Gasteiger partial charge in [0.25, 0.3) is 5.91 Å². The smallest absolute Gasteiger partial charge is 0.359 e. The van der Waals surface area contributed by atoms with E-state index in [2.05, 4.69) is 16.0 Å². The Hall–Kier alpha value is -2.85. The molecule has 214 valence electrons. The van der Waals surface area contributed by atoms with Crippen molar-refractivity contribution >= 4 is 29.7 Å². The van der Waals surface area contributed by atoms with Gasteiger partial charge in [-0.25, -0.2) is 4.79 Å². The minimum absolute atomic E-state index is 0.00359. The van der Waals surface area contributed by atoms with Crippen molar-refractivity contribution < 1.29 is 53.2 Å². The highest BCUT2D eigenvalue weighted by Crippen LogP contribution is 2.08. The summed E-state index contributed by atoms with van der Waals surface area (Å²) in [4.78, 5) is 60.2. The number of nitrogens with zero attached hydrogens (tertiary/aromatic N) is 2. The average Bonchev–Trinajstić information content (AvgIpc) is 2.80. The molecule has 0 aliphatic rings. The van der Waals surface area contributed by atoms with Gasteiger partial charge in [-0.1, -0.05) is 0 Å². The fraction of sp³-hybridized carbons (Fsp3) is 0.773. The Kier molecular flexibility index (Phi) is 18.7. The Morgan fingerprint density at radius 1 is 0.730 bits per heavy atom. The number of ether oxygens (including phenoxy) is 2. The Morgan fingerprint density at radius 2 is 1.32 bits per heavy atom. The van der Waals surface area contributed by atoms with Crippen LogP contribution in [-0.2, 0) is 33.4 Å². The number of nitrogens with one attached hydrogen (secondary N) is 3. The van der Waals surface area contributed by atoms with Crippen molar-refractivity contribution in [2.24, 2.45) is 0 Å². The highest BCUT2D eigenvalue weighted by atomic mass is 16.5. The zero-order chi connectivity index (χ0) is 28.1. The summed E-state index contributed by atoms with van der Waals surface area (Å²) in [6.07, 6.45) is 0. The molecule has 37 heavy (non-hydrogen) atoms. The molecule has 0 heterocycles. The van der Waals surface area contributed by atoms with Crippen LogP contribution in [0.5, 0.6) is 0 Å². The van der Waals surface area contributed by atoms with Gasteiger partial charge in [-0.3, -0.25) is 24.1 Å². The topological polar surface area (TPSA) is 204 Å².